The van der Waals surface area contributed by atoms with Gasteiger partial charge in [-0.05, 0) is 18.9 Å². The van der Waals surface area contributed by atoms with Crippen LogP contribution in [-0.2, 0) is 4.79 Å². The first kappa shape index (κ1) is 12.1. The Morgan fingerprint density at radius 2 is 1.92 bits per heavy atom. The molecule has 3 N–H and O–H groups in total. The molecule has 0 saturated carbocycles. The molecule has 0 rings (SSSR count). The first-order valence-corrected chi connectivity index (χ1v) is 4.21. The second kappa shape index (κ2) is 4.97. The summed E-state index contributed by atoms with van der Waals surface area (Å²) in [6.45, 7) is 4.93. The third-order valence-corrected chi connectivity index (χ3v) is 1.78. The smallest absolute Gasteiger partial charge is 0.310 e. The first-order valence-electron chi connectivity index (χ1n) is 4.21. The van der Waals surface area contributed by atoms with Crippen LogP contribution in [0.4, 0.5) is 4.39 Å². The topological polar surface area (TPSA) is 63.3 Å². The fourth-order valence-electron chi connectivity index (χ4n) is 0.872. The van der Waals surface area contributed by atoms with Crippen molar-refractivity contribution < 1.29 is 14.3 Å². The Balaban J connectivity index is 4.60. The van der Waals surface area contributed by atoms with Crippen molar-refractivity contribution in [2.45, 2.75) is 26.8 Å². The SMILES string of the molecule is CC(N)C(F)=CC(C(=O)O)C(C)C. The predicted molar refractivity (Wildman–Crippen MR) is 48.8 cm³/mol. The quantitative estimate of drug-likeness (QED) is 0.705. The van der Waals surface area contributed by atoms with Gasteiger partial charge in [0.15, 0.2) is 0 Å². The summed E-state index contributed by atoms with van der Waals surface area (Å²) in [6.07, 6.45) is 1.08. The van der Waals surface area contributed by atoms with Gasteiger partial charge in [0, 0.05) is 0 Å². The van der Waals surface area contributed by atoms with E-state index in [0.29, 0.717) is 0 Å². The molecular weight excluding hydrogens is 173 g/mol. The minimum atomic E-state index is -1.02. The molecule has 0 spiro atoms. The van der Waals surface area contributed by atoms with E-state index in [2.05, 4.69) is 0 Å². The van der Waals surface area contributed by atoms with Crippen LogP contribution < -0.4 is 5.73 Å². The summed E-state index contributed by atoms with van der Waals surface area (Å²) in [5.41, 5.74) is 5.25. The zero-order valence-electron chi connectivity index (χ0n) is 8.12. The minimum Gasteiger partial charge on any atom is -0.481 e. The van der Waals surface area contributed by atoms with Crippen LogP contribution in [0.2, 0.25) is 0 Å². The number of aliphatic carboxylic acids is 1. The molecule has 0 bridgehead atoms. The predicted octanol–water partition coefficient (Wildman–Crippen LogP) is 1.54. The maximum Gasteiger partial charge on any atom is 0.310 e. The van der Waals surface area contributed by atoms with E-state index >= 15 is 0 Å². The van der Waals surface area contributed by atoms with Gasteiger partial charge >= 0.3 is 5.97 Å². The summed E-state index contributed by atoms with van der Waals surface area (Å²) in [5, 5.41) is 8.72. The van der Waals surface area contributed by atoms with E-state index in [1.807, 2.05) is 0 Å². The van der Waals surface area contributed by atoms with Crippen LogP contribution in [0.1, 0.15) is 20.8 Å². The van der Waals surface area contributed by atoms with Gasteiger partial charge in [0.05, 0.1) is 12.0 Å². The first-order chi connectivity index (χ1) is 5.86. The zero-order chi connectivity index (χ0) is 10.6. The van der Waals surface area contributed by atoms with E-state index in [1.165, 1.54) is 6.92 Å². The van der Waals surface area contributed by atoms with E-state index < -0.39 is 23.8 Å². The summed E-state index contributed by atoms with van der Waals surface area (Å²) in [6, 6.07) is -0.736. The van der Waals surface area contributed by atoms with Crippen molar-refractivity contribution in [3.05, 3.63) is 11.9 Å². The average Bonchev–Trinajstić information content (AvgIpc) is 1.97. The fraction of sp³-hybridized carbons (Fsp3) is 0.667. The number of carbonyl (C=O) groups is 1. The Kier molecular flexibility index (Phi) is 4.62. The number of rotatable bonds is 4. The molecule has 4 heteroatoms. The average molecular weight is 189 g/mol. The van der Waals surface area contributed by atoms with Crippen LogP contribution in [0.5, 0.6) is 0 Å². The monoisotopic (exact) mass is 189 g/mol. The Morgan fingerprint density at radius 3 is 2.15 bits per heavy atom. The Morgan fingerprint density at radius 1 is 1.46 bits per heavy atom. The fourth-order valence-corrected chi connectivity index (χ4v) is 0.872. The molecule has 2 atom stereocenters. The second-order valence-corrected chi connectivity index (χ2v) is 3.45. The minimum absolute atomic E-state index is 0.137. The van der Waals surface area contributed by atoms with Crippen LogP contribution in [-0.4, -0.2) is 17.1 Å². The van der Waals surface area contributed by atoms with Gasteiger partial charge in [-0.1, -0.05) is 13.8 Å². The van der Waals surface area contributed by atoms with Gasteiger partial charge in [-0.15, -0.1) is 0 Å². The molecule has 13 heavy (non-hydrogen) atoms. The van der Waals surface area contributed by atoms with E-state index in [-0.39, 0.29) is 5.92 Å². The Hall–Kier alpha value is -0.900. The van der Waals surface area contributed by atoms with Crippen LogP contribution in [0.3, 0.4) is 0 Å². The molecule has 2 unspecified atom stereocenters. The molecular formula is C9H16FNO2. The van der Waals surface area contributed by atoms with Gasteiger partial charge in [-0.3, -0.25) is 4.79 Å². The summed E-state index contributed by atoms with van der Waals surface area (Å²) in [4.78, 5) is 10.6. The molecule has 0 fully saturated rings. The molecule has 0 radical (unpaired) electrons. The summed E-state index contributed by atoms with van der Waals surface area (Å²) < 4.78 is 13.0. The molecule has 0 aromatic rings. The Labute approximate surface area is 77.4 Å². The van der Waals surface area contributed by atoms with Crippen molar-refractivity contribution in [3.63, 3.8) is 0 Å². The third-order valence-electron chi connectivity index (χ3n) is 1.78. The van der Waals surface area contributed by atoms with Crippen molar-refractivity contribution in [2.75, 3.05) is 0 Å². The van der Waals surface area contributed by atoms with Gasteiger partial charge in [0.25, 0.3) is 0 Å². The van der Waals surface area contributed by atoms with E-state index in [1.54, 1.807) is 13.8 Å². The van der Waals surface area contributed by atoms with E-state index in [0.717, 1.165) is 6.08 Å². The molecule has 0 aromatic carbocycles. The number of nitrogens with two attached hydrogens (primary N) is 1. The lowest BCUT2D eigenvalue weighted by Gasteiger charge is -2.12. The van der Waals surface area contributed by atoms with Gasteiger partial charge in [-0.25, -0.2) is 4.39 Å². The number of carboxylic acids is 1. The standard InChI is InChI=1S/C9H16FNO2/c1-5(2)7(9(12)13)4-8(10)6(3)11/h4-7H,11H2,1-3H3,(H,12,13). The highest BCUT2D eigenvalue weighted by atomic mass is 19.1. The zero-order valence-corrected chi connectivity index (χ0v) is 8.12. The van der Waals surface area contributed by atoms with Crippen molar-refractivity contribution >= 4 is 5.97 Å². The van der Waals surface area contributed by atoms with E-state index in [9.17, 15) is 9.18 Å². The molecule has 0 heterocycles. The van der Waals surface area contributed by atoms with Crippen LogP contribution in [0.25, 0.3) is 0 Å². The lowest BCUT2D eigenvalue weighted by atomic mass is 9.95. The van der Waals surface area contributed by atoms with Gasteiger partial charge in [0.1, 0.15) is 5.83 Å². The number of hydrogen-bond donors (Lipinski definition) is 2. The largest absolute Gasteiger partial charge is 0.481 e. The molecule has 0 aliphatic rings. The van der Waals surface area contributed by atoms with Crippen LogP contribution in [0.15, 0.2) is 11.9 Å². The molecule has 0 saturated heterocycles. The van der Waals surface area contributed by atoms with Gasteiger partial charge in [-0.2, -0.15) is 0 Å². The summed E-state index contributed by atoms with van der Waals surface area (Å²) in [7, 11) is 0. The van der Waals surface area contributed by atoms with Crippen molar-refractivity contribution in [1.29, 1.82) is 0 Å². The second-order valence-electron chi connectivity index (χ2n) is 3.45. The van der Waals surface area contributed by atoms with Crippen molar-refractivity contribution in [1.82, 2.24) is 0 Å². The summed E-state index contributed by atoms with van der Waals surface area (Å²) in [5.74, 6) is -2.53. The molecule has 3 nitrogen and oxygen atoms in total. The maximum absolute atomic E-state index is 13.0. The highest BCUT2D eigenvalue weighted by molar-refractivity contribution is 5.72. The van der Waals surface area contributed by atoms with Gasteiger partial charge < -0.3 is 10.8 Å². The molecule has 76 valence electrons. The molecule has 0 aliphatic carbocycles. The lowest BCUT2D eigenvalue weighted by molar-refractivity contribution is -0.141. The number of halogens is 1. The van der Waals surface area contributed by atoms with E-state index in [4.69, 9.17) is 10.8 Å². The maximum atomic E-state index is 13.0. The lowest BCUT2D eigenvalue weighted by Crippen LogP contribution is -2.21. The Bertz CT molecular complexity index is 212. The molecule has 0 aromatic heterocycles. The number of carboxylic acid groups (broad SMARTS) is 1. The normalized spacial score (nSPS) is 17.2. The third kappa shape index (κ3) is 4.03. The number of hydrogen-bond acceptors (Lipinski definition) is 2. The van der Waals surface area contributed by atoms with Gasteiger partial charge in [0.2, 0.25) is 0 Å². The molecule has 0 aliphatic heterocycles. The molecule has 0 amide bonds. The van der Waals surface area contributed by atoms with Crippen molar-refractivity contribution in [3.8, 4) is 0 Å². The highest BCUT2D eigenvalue weighted by Gasteiger charge is 2.20. The van der Waals surface area contributed by atoms with Crippen molar-refractivity contribution in [2.24, 2.45) is 17.6 Å². The van der Waals surface area contributed by atoms with Crippen LogP contribution >= 0.6 is 0 Å². The van der Waals surface area contributed by atoms with Crippen LogP contribution in [0, 0.1) is 11.8 Å². The highest BCUT2D eigenvalue weighted by Crippen LogP contribution is 2.16. The summed E-state index contributed by atoms with van der Waals surface area (Å²) >= 11 is 0.